The normalized spacial score (nSPS) is 11.5. The first-order valence-corrected chi connectivity index (χ1v) is 29.5. The van der Waals surface area contributed by atoms with Gasteiger partial charge in [0.1, 0.15) is 28.9 Å². The molecule has 0 radical (unpaired) electrons. The van der Waals surface area contributed by atoms with Gasteiger partial charge < -0.3 is 8.83 Å². The summed E-state index contributed by atoms with van der Waals surface area (Å²) in [5.41, 5.74) is 18.1. The van der Waals surface area contributed by atoms with Gasteiger partial charge in [0.05, 0.1) is 55.9 Å². The zero-order valence-electron chi connectivity index (χ0n) is 48.1. The maximum absolute atomic E-state index is 6.26. The Bertz CT molecular complexity index is 5410. The van der Waals surface area contributed by atoms with E-state index in [4.69, 9.17) is 38.7 Å². The molecule has 8 aromatic carbocycles. The number of aromatic nitrogens is 14. The van der Waals surface area contributed by atoms with Crippen molar-refractivity contribution in [1.82, 2.24) is 69.0 Å². The van der Waals surface area contributed by atoms with Crippen LogP contribution in [0.1, 0.15) is 0 Å². The number of nitrogens with zero attached hydrogens (tertiary/aromatic N) is 14. The Kier molecular flexibility index (Phi) is 12.7. The van der Waals surface area contributed by atoms with Crippen molar-refractivity contribution in [3.8, 4) is 131 Å². The first-order valence-electron chi connectivity index (χ1n) is 29.5. The van der Waals surface area contributed by atoms with Crippen molar-refractivity contribution in [2.75, 3.05) is 0 Å². The van der Waals surface area contributed by atoms with Gasteiger partial charge in [-0.1, -0.05) is 115 Å². The number of pyridine rings is 4. The maximum atomic E-state index is 6.26. The van der Waals surface area contributed by atoms with Crippen LogP contribution in [0.15, 0.2) is 288 Å². The van der Waals surface area contributed by atoms with E-state index < -0.39 is 0 Å². The molecule has 0 fully saturated rings. The predicted octanol–water partition coefficient (Wildman–Crippen LogP) is 16.7. The molecule has 0 bridgehead atoms. The molecule has 17 aromatic rings. The number of hydrogen-bond acceptors (Lipinski definition) is 13. The summed E-state index contributed by atoms with van der Waals surface area (Å²) in [6.07, 6.45) is 3.60. The summed E-state index contributed by atoms with van der Waals surface area (Å²) in [6.45, 7) is 0. The van der Waals surface area contributed by atoms with Crippen LogP contribution in [0.4, 0.5) is 0 Å². The summed E-state index contributed by atoms with van der Waals surface area (Å²) >= 11 is 0. The Morgan fingerprint density at radius 2 is 0.648 bits per heavy atom. The Balaban J connectivity index is 0.706. The number of fused-ring (bicyclic) bond motifs is 3. The van der Waals surface area contributed by atoms with E-state index in [9.17, 15) is 0 Å². The third-order valence-corrected chi connectivity index (χ3v) is 16.0. The minimum atomic E-state index is 0.252. The molecule has 0 atom stereocenters. The van der Waals surface area contributed by atoms with Crippen LogP contribution in [0.25, 0.3) is 164 Å². The van der Waals surface area contributed by atoms with Crippen molar-refractivity contribution >= 4 is 33.1 Å². The quantitative estimate of drug-likeness (QED) is 0.106. The van der Waals surface area contributed by atoms with Crippen molar-refractivity contribution in [3.05, 3.63) is 279 Å². The van der Waals surface area contributed by atoms with E-state index in [1.54, 1.807) is 6.20 Å². The summed E-state index contributed by atoms with van der Waals surface area (Å²) in [4.78, 5) is 35.4. The monoisotopic (exact) mass is 1170 g/mol. The third-order valence-electron chi connectivity index (χ3n) is 16.0. The van der Waals surface area contributed by atoms with E-state index in [1.165, 1.54) is 0 Å². The van der Waals surface area contributed by atoms with Crippen LogP contribution in [-0.2, 0) is 0 Å². The van der Waals surface area contributed by atoms with E-state index in [0.717, 1.165) is 101 Å². The van der Waals surface area contributed by atoms with Crippen LogP contribution in [-0.4, -0.2) is 69.0 Å². The third kappa shape index (κ3) is 9.65. The van der Waals surface area contributed by atoms with E-state index >= 15 is 0 Å². The first kappa shape index (κ1) is 52.4. The first-order chi connectivity index (χ1) is 45.1. The topological polar surface area (TPSA) is 183 Å². The molecule has 0 amide bonds. The van der Waals surface area contributed by atoms with Gasteiger partial charge in [0.25, 0.3) is 11.8 Å². The molecule has 17 rings (SSSR count). The van der Waals surface area contributed by atoms with Gasteiger partial charge in [-0.2, -0.15) is 0 Å². The Labute approximate surface area is 518 Å². The van der Waals surface area contributed by atoms with Crippen molar-refractivity contribution in [2.45, 2.75) is 0 Å². The number of para-hydroxylation sites is 7. The molecular weight excluding hydrogens is 1130 g/mol. The highest BCUT2D eigenvalue weighted by molar-refractivity contribution is 5.92. The summed E-state index contributed by atoms with van der Waals surface area (Å²) in [5.74, 6) is 3.48. The van der Waals surface area contributed by atoms with Gasteiger partial charge in [-0.3, -0.25) is 23.7 Å². The zero-order chi connectivity index (χ0) is 60.2. The molecule has 0 spiro atoms. The molecule has 428 valence electrons. The largest absolute Gasteiger partial charge is 0.415 e. The molecule has 9 heterocycles. The molecule has 0 unspecified atom stereocenters. The van der Waals surface area contributed by atoms with E-state index in [1.807, 2.05) is 121 Å². The highest BCUT2D eigenvalue weighted by atomic mass is 16.4. The predicted molar refractivity (Wildman–Crippen MR) is 352 cm³/mol. The van der Waals surface area contributed by atoms with Gasteiger partial charge in [0.2, 0.25) is 11.8 Å². The standard InChI is InChI=1S/C75H46N14O2/c1-4-21-54(22-5-1)87-66-34-12-10-28-61(66)80-69(87)51-42-52(70-81-62-29-11-13-35-67(62)88(70)55-23-6-2-7-24-55)44-53(43-51)71-82-65-45-47(37-39-68(65)89(71)56-25-8-3-9-26-56)50-36-38-58(77-46-50)60-31-18-33-64(79-60)75-86-84-73(91-75)49-20-16-19-48(41-49)72-83-85-74(90-72)63-32-17-30-59(78-63)57-27-14-15-40-76-57/h1-46H. The molecule has 0 aliphatic carbocycles. The summed E-state index contributed by atoms with van der Waals surface area (Å²) in [7, 11) is 0. The van der Waals surface area contributed by atoms with Crippen molar-refractivity contribution in [3.63, 3.8) is 0 Å². The average Bonchev–Trinajstić information content (AvgIpc) is 1.95. The minimum Gasteiger partial charge on any atom is -0.415 e. The van der Waals surface area contributed by atoms with Gasteiger partial charge in [-0.05, 0) is 157 Å². The van der Waals surface area contributed by atoms with E-state index in [-0.39, 0.29) is 11.8 Å². The van der Waals surface area contributed by atoms with Gasteiger partial charge in [0, 0.05) is 62.8 Å². The fraction of sp³-hybridized carbons (Fsp3) is 0. The molecular formula is C75H46N14O2. The molecule has 9 aromatic heterocycles. The lowest BCUT2D eigenvalue weighted by atomic mass is 10.0. The smallest absolute Gasteiger partial charge is 0.266 e. The van der Waals surface area contributed by atoms with Crippen LogP contribution in [0.3, 0.4) is 0 Å². The lowest BCUT2D eigenvalue weighted by Crippen LogP contribution is -2.02. The molecule has 0 saturated heterocycles. The highest BCUT2D eigenvalue weighted by Crippen LogP contribution is 2.40. The molecule has 0 aliphatic rings. The lowest BCUT2D eigenvalue weighted by molar-refractivity contribution is 0.580. The Morgan fingerprint density at radius 3 is 1.14 bits per heavy atom. The van der Waals surface area contributed by atoms with Crippen LogP contribution < -0.4 is 0 Å². The highest BCUT2D eigenvalue weighted by Gasteiger charge is 2.24. The zero-order valence-corrected chi connectivity index (χ0v) is 48.1. The van der Waals surface area contributed by atoms with Crippen molar-refractivity contribution in [2.24, 2.45) is 0 Å². The molecule has 0 N–H and O–H groups in total. The second kappa shape index (κ2) is 22.1. The van der Waals surface area contributed by atoms with E-state index in [0.29, 0.717) is 51.4 Å². The SMILES string of the molecule is c1ccc(-n2c(-c3cc(-c4nc5ccccc5n4-c4ccccc4)cc(-c4nc5cc(-c6ccc(-c7cccc(-c8nnc(-c9cccc(-c%10nnc(-c%11cccc(-c%12ccccn%12)n%11)o%10)c9)o8)n7)nc6)ccc5n4-c4ccccc4)c3)nc3ccccc32)cc1. The Morgan fingerprint density at radius 1 is 0.242 bits per heavy atom. The number of imidazole rings is 3. The van der Waals surface area contributed by atoms with Crippen LogP contribution in [0.5, 0.6) is 0 Å². The molecule has 0 aliphatic heterocycles. The minimum absolute atomic E-state index is 0.252. The van der Waals surface area contributed by atoms with Crippen molar-refractivity contribution < 1.29 is 8.83 Å². The number of benzene rings is 8. The van der Waals surface area contributed by atoms with E-state index in [2.05, 4.69) is 191 Å². The molecule has 0 saturated carbocycles. The van der Waals surface area contributed by atoms with Gasteiger partial charge in [-0.25, -0.2) is 24.9 Å². The van der Waals surface area contributed by atoms with Crippen molar-refractivity contribution in [1.29, 1.82) is 0 Å². The number of rotatable bonds is 13. The maximum Gasteiger partial charge on any atom is 0.266 e. The summed E-state index contributed by atoms with van der Waals surface area (Å²) in [5, 5.41) is 17.5. The second-order valence-electron chi connectivity index (χ2n) is 21.7. The average molecular weight is 1180 g/mol. The fourth-order valence-corrected chi connectivity index (χ4v) is 11.7. The molecule has 16 nitrogen and oxygen atoms in total. The second-order valence-corrected chi connectivity index (χ2v) is 21.7. The fourth-order valence-electron chi connectivity index (χ4n) is 11.7. The van der Waals surface area contributed by atoms with Gasteiger partial charge >= 0.3 is 0 Å². The molecule has 91 heavy (non-hydrogen) atoms. The lowest BCUT2D eigenvalue weighted by Gasteiger charge is -2.15. The summed E-state index contributed by atoms with van der Waals surface area (Å²) in [6, 6.07) is 89.2. The van der Waals surface area contributed by atoms with Gasteiger partial charge in [0.15, 0.2) is 0 Å². The Hall–Kier alpha value is -13.0. The van der Waals surface area contributed by atoms with Crippen LogP contribution >= 0.6 is 0 Å². The summed E-state index contributed by atoms with van der Waals surface area (Å²) < 4.78 is 19.1. The molecule has 16 heteroatoms. The van der Waals surface area contributed by atoms with Crippen LogP contribution in [0.2, 0.25) is 0 Å². The number of hydrogen-bond donors (Lipinski definition) is 0. The van der Waals surface area contributed by atoms with Gasteiger partial charge in [-0.15, -0.1) is 20.4 Å². The van der Waals surface area contributed by atoms with Crippen LogP contribution in [0, 0.1) is 0 Å².